The highest BCUT2D eigenvalue weighted by atomic mass is 16.4. The van der Waals surface area contributed by atoms with Crippen molar-refractivity contribution in [2.24, 2.45) is 0 Å². The van der Waals surface area contributed by atoms with Gasteiger partial charge in [0.05, 0.1) is 33.8 Å². The number of aromatic nitrogens is 4. The molecular weight excluding hydrogens is 448 g/mol. The molecule has 0 aliphatic carbocycles. The molecule has 2 aromatic heterocycles. The van der Waals surface area contributed by atoms with Crippen molar-refractivity contribution in [2.45, 2.75) is 20.8 Å². The minimum atomic E-state index is -1.04. The van der Waals surface area contributed by atoms with E-state index in [1.54, 1.807) is 48.0 Å². The summed E-state index contributed by atoms with van der Waals surface area (Å²) in [4.78, 5) is 35.1. The monoisotopic (exact) mass is 470 g/mol. The number of carboxylic acid groups (broad SMARTS) is 2. The van der Waals surface area contributed by atoms with Gasteiger partial charge in [0.15, 0.2) is 0 Å². The van der Waals surface area contributed by atoms with E-state index >= 15 is 0 Å². The van der Waals surface area contributed by atoms with Gasteiger partial charge in [-0.15, -0.1) is 5.73 Å². The minimum Gasteiger partial charge on any atom is -0.478 e. The summed E-state index contributed by atoms with van der Waals surface area (Å²) in [6.45, 7) is 5.53. The van der Waals surface area contributed by atoms with E-state index in [1.807, 2.05) is 13.8 Å². The molecule has 2 heterocycles. The smallest absolute Gasteiger partial charge is 0.335 e. The van der Waals surface area contributed by atoms with Gasteiger partial charge in [-0.05, 0) is 81.5 Å². The summed E-state index contributed by atoms with van der Waals surface area (Å²) in [5.41, 5.74) is 7.87. The Bertz CT molecular complexity index is 1560. The first-order valence-corrected chi connectivity index (χ1v) is 10.6. The molecule has 9 nitrogen and oxygen atoms in total. The molecule has 0 fully saturated rings. The molecule has 35 heavy (non-hydrogen) atoms. The molecule has 0 radical (unpaired) electrons. The average molecular weight is 470 g/mol. The van der Waals surface area contributed by atoms with Crippen molar-refractivity contribution in [3.8, 4) is 11.4 Å². The molecule has 0 atom stereocenters. The Morgan fingerprint density at radius 3 is 1.91 bits per heavy atom. The number of aromatic amines is 1. The van der Waals surface area contributed by atoms with Gasteiger partial charge in [-0.1, -0.05) is 0 Å². The van der Waals surface area contributed by atoms with Crippen molar-refractivity contribution >= 4 is 24.1 Å². The molecule has 0 saturated carbocycles. The standard InChI is InChI=1S/C26H22N4O5/c1-15-22(17(3)29(27-15)20-11-7-18(8-12-20)25(32)33)5-4-6-23-16(2)28-30(24(23)31)21-13-9-19(10-14-21)26(34)35/h5-14,28H,1-3H3,(H,32,33)(H,34,35). The third kappa shape index (κ3) is 4.48. The van der Waals surface area contributed by atoms with Crippen molar-refractivity contribution in [1.29, 1.82) is 0 Å². The lowest BCUT2D eigenvalue weighted by Crippen LogP contribution is -2.15. The number of benzene rings is 2. The number of carboxylic acids is 2. The van der Waals surface area contributed by atoms with Crippen LogP contribution in [0.2, 0.25) is 0 Å². The SMILES string of the molecule is Cc1nn(-c2ccc(C(=O)O)cc2)c(C)c1C=C=Cc1c(C)[nH]n(-c2ccc(C(=O)O)cc2)c1=O. The summed E-state index contributed by atoms with van der Waals surface area (Å²) in [7, 11) is 0. The number of rotatable bonds is 6. The lowest BCUT2D eigenvalue weighted by Gasteiger charge is -2.04. The second kappa shape index (κ2) is 9.17. The Kier molecular flexibility index (Phi) is 6.10. The summed E-state index contributed by atoms with van der Waals surface area (Å²) in [6, 6.07) is 12.4. The Morgan fingerprint density at radius 1 is 0.857 bits per heavy atom. The van der Waals surface area contributed by atoms with Crippen LogP contribution in [0, 0.1) is 20.8 Å². The van der Waals surface area contributed by atoms with Crippen LogP contribution in [0.5, 0.6) is 0 Å². The molecule has 0 unspecified atom stereocenters. The Hall–Kier alpha value is -4.88. The van der Waals surface area contributed by atoms with E-state index < -0.39 is 11.9 Å². The van der Waals surface area contributed by atoms with Crippen molar-refractivity contribution in [1.82, 2.24) is 19.6 Å². The zero-order valence-corrected chi connectivity index (χ0v) is 19.2. The Balaban J connectivity index is 1.65. The van der Waals surface area contributed by atoms with Gasteiger partial charge in [-0.3, -0.25) is 9.89 Å². The quantitative estimate of drug-likeness (QED) is 0.365. The number of hydrogen-bond acceptors (Lipinski definition) is 4. The molecule has 0 aliphatic heterocycles. The third-order valence-electron chi connectivity index (χ3n) is 5.65. The molecule has 2 aromatic carbocycles. The summed E-state index contributed by atoms with van der Waals surface area (Å²) in [6.07, 6.45) is 3.34. The minimum absolute atomic E-state index is 0.136. The zero-order valence-electron chi connectivity index (χ0n) is 19.2. The second-order valence-electron chi connectivity index (χ2n) is 7.95. The van der Waals surface area contributed by atoms with Gasteiger partial charge in [0.25, 0.3) is 5.56 Å². The van der Waals surface area contributed by atoms with Gasteiger partial charge in [-0.2, -0.15) is 5.10 Å². The van der Waals surface area contributed by atoms with Crippen LogP contribution < -0.4 is 5.56 Å². The Labute approximate surface area is 199 Å². The molecule has 0 spiro atoms. The average Bonchev–Trinajstić information content (AvgIpc) is 3.28. The fourth-order valence-electron chi connectivity index (χ4n) is 3.73. The van der Waals surface area contributed by atoms with Crippen LogP contribution >= 0.6 is 0 Å². The van der Waals surface area contributed by atoms with Crippen LogP contribution in [-0.2, 0) is 0 Å². The Morgan fingerprint density at radius 2 is 1.37 bits per heavy atom. The van der Waals surface area contributed by atoms with Crippen LogP contribution in [0.1, 0.15) is 48.9 Å². The first-order chi connectivity index (χ1) is 16.7. The first-order valence-electron chi connectivity index (χ1n) is 10.6. The van der Waals surface area contributed by atoms with Crippen LogP contribution in [-0.4, -0.2) is 41.7 Å². The fourth-order valence-corrected chi connectivity index (χ4v) is 3.73. The largest absolute Gasteiger partial charge is 0.478 e. The highest BCUT2D eigenvalue weighted by molar-refractivity contribution is 5.88. The first kappa shape index (κ1) is 23.3. The van der Waals surface area contributed by atoms with Gasteiger partial charge >= 0.3 is 11.9 Å². The molecule has 9 heteroatoms. The van der Waals surface area contributed by atoms with Gasteiger partial charge in [0.2, 0.25) is 0 Å². The van der Waals surface area contributed by atoms with Crippen molar-refractivity contribution in [2.75, 3.05) is 0 Å². The number of nitrogens with zero attached hydrogens (tertiary/aromatic N) is 3. The molecule has 176 valence electrons. The molecule has 0 aliphatic rings. The number of aryl methyl sites for hydroxylation is 2. The number of H-pyrrole nitrogens is 1. The van der Waals surface area contributed by atoms with Crippen LogP contribution in [0.4, 0.5) is 0 Å². The van der Waals surface area contributed by atoms with Gasteiger partial charge in [-0.25, -0.2) is 19.0 Å². The number of hydrogen-bond donors (Lipinski definition) is 3. The highest BCUT2D eigenvalue weighted by Crippen LogP contribution is 2.20. The van der Waals surface area contributed by atoms with Crippen LogP contribution in [0.25, 0.3) is 23.5 Å². The molecule has 0 amide bonds. The molecular formula is C26H22N4O5. The zero-order chi connectivity index (χ0) is 25.3. The lowest BCUT2D eigenvalue weighted by molar-refractivity contribution is 0.0686. The van der Waals surface area contributed by atoms with E-state index in [4.69, 9.17) is 10.2 Å². The van der Waals surface area contributed by atoms with Crippen LogP contribution in [0.15, 0.2) is 59.1 Å². The van der Waals surface area contributed by atoms with E-state index in [9.17, 15) is 14.4 Å². The van der Waals surface area contributed by atoms with Gasteiger partial charge in [0, 0.05) is 17.0 Å². The van der Waals surface area contributed by atoms with Gasteiger partial charge < -0.3 is 10.2 Å². The summed E-state index contributed by atoms with van der Waals surface area (Å²) in [5, 5.41) is 25.7. The van der Waals surface area contributed by atoms with E-state index in [0.717, 1.165) is 22.6 Å². The maximum absolute atomic E-state index is 12.9. The fraction of sp³-hybridized carbons (Fsp3) is 0.115. The van der Waals surface area contributed by atoms with Gasteiger partial charge in [0.1, 0.15) is 0 Å². The maximum atomic E-state index is 12.9. The number of aromatic carboxylic acids is 2. The van der Waals surface area contributed by atoms with E-state index in [0.29, 0.717) is 16.9 Å². The van der Waals surface area contributed by atoms with Crippen molar-refractivity contribution in [3.05, 3.63) is 104 Å². The summed E-state index contributed by atoms with van der Waals surface area (Å²) < 4.78 is 3.08. The topological polar surface area (TPSA) is 130 Å². The van der Waals surface area contributed by atoms with E-state index in [2.05, 4.69) is 15.9 Å². The summed E-state index contributed by atoms with van der Waals surface area (Å²) >= 11 is 0. The molecule has 0 bridgehead atoms. The van der Waals surface area contributed by atoms with E-state index in [-0.39, 0.29) is 16.7 Å². The number of nitrogens with one attached hydrogen (secondary N) is 1. The third-order valence-corrected chi connectivity index (χ3v) is 5.65. The lowest BCUT2D eigenvalue weighted by atomic mass is 10.1. The van der Waals surface area contributed by atoms with Crippen LogP contribution in [0.3, 0.4) is 0 Å². The predicted molar refractivity (Wildman–Crippen MR) is 131 cm³/mol. The van der Waals surface area contributed by atoms with Crippen molar-refractivity contribution in [3.63, 3.8) is 0 Å². The highest BCUT2D eigenvalue weighted by Gasteiger charge is 2.13. The van der Waals surface area contributed by atoms with E-state index in [1.165, 1.54) is 28.9 Å². The summed E-state index contributed by atoms with van der Waals surface area (Å²) in [5.74, 6) is -2.03. The molecule has 3 N–H and O–H groups in total. The molecule has 4 aromatic rings. The predicted octanol–water partition coefficient (Wildman–Crippen LogP) is 4.00. The normalized spacial score (nSPS) is 10.6. The maximum Gasteiger partial charge on any atom is 0.335 e. The molecule has 0 saturated heterocycles. The van der Waals surface area contributed by atoms with Crippen molar-refractivity contribution < 1.29 is 19.8 Å². The second-order valence-corrected chi connectivity index (χ2v) is 7.95. The molecule has 4 rings (SSSR count). The number of carbonyl (C=O) groups is 2.